The number of nitrogens with zero attached hydrogens (tertiary/aromatic N) is 1. The summed E-state index contributed by atoms with van der Waals surface area (Å²) < 4.78 is 16.1. The Morgan fingerprint density at radius 1 is 1.08 bits per heavy atom. The van der Waals surface area contributed by atoms with Gasteiger partial charge in [0.05, 0.1) is 11.6 Å². The molecule has 8 nitrogen and oxygen atoms in total. The first kappa shape index (κ1) is 17.1. The molecule has 0 aromatic heterocycles. The molecular weight excluding hydrogens is 338 g/mol. The first-order chi connectivity index (χ1) is 12.6. The highest BCUT2D eigenvalue weighted by atomic mass is 16.6. The van der Waals surface area contributed by atoms with Gasteiger partial charge in [0.2, 0.25) is 0 Å². The molecule has 0 aliphatic carbocycles. The predicted octanol–water partition coefficient (Wildman–Crippen LogP) is 2.06. The molecule has 0 unspecified atom stereocenters. The zero-order valence-electron chi connectivity index (χ0n) is 13.7. The molecule has 1 aliphatic rings. The van der Waals surface area contributed by atoms with Crippen LogP contribution in [0.1, 0.15) is 5.56 Å². The highest BCUT2D eigenvalue weighted by Gasteiger charge is 2.14. The number of amides is 3. The van der Waals surface area contributed by atoms with Crippen molar-refractivity contribution in [3.8, 4) is 23.3 Å². The molecule has 2 aromatic rings. The number of carbonyl (C=O) groups is 2. The first-order valence-electron chi connectivity index (χ1n) is 7.77. The van der Waals surface area contributed by atoms with Gasteiger partial charge in [-0.3, -0.25) is 10.1 Å². The maximum absolute atomic E-state index is 11.9. The molecule has 8 heteroatoms. The van der Waals surface area contributed by atoms with Crippen LogP contribution < -0.4 is 24.8 Å². The lowest BCUT2D eigenvalue weighted by atomic mass is 10.2. The zero-order chi connectivity index (χ0) is 18.4. The fraction of sp³-hybridized carbons (Fsp3) is 0.167. The van der Waals surface area contributed by atoms with Crippen LogP contribution in [0.4, 0.5) is 10.5 Å². The van der Waals surface area contributed by atoms with Gasteiger partial charge in [-0.25, -0.2) is 4.79 Å². The Kier molecular flexibility index (Phi) is 5.19. The summed E-state index contributed by atoms with van der Waals surface area (Å²) in [6.07, 6.45) is 0. The number of urea groups is 1. The molecular formula is C18H15N3O5. The van der Waals surface area contributed by atoms with Crippen molar-refractivity contribution in [1.82, 2.24) is 5.32 Å². The van der Waals surface area contributed by atoms with Gasteiger partial charge >= 0.3 is 6.03 Å². The highest BCUT2D eigenvalue weighted by Crippen LogP contribution is 2.32. The summed E-state index contributed by atoms with van der Waals surface area (Å²) in [5, 5.41) is 13.4. The molecule has 0 bridgehead atoms. The minimum Gasteiger partial charge on any atom is -0.486 e. The number of imide groups is 1. The molecule has 0 radical (unpaired) electrons. The fourth-order valence-electron chi connectivity index (χ4n) is 2.22. The Labute approximate surface area is 149 Å². The summed E-state index contributed by atoms with van der Waals surface area (Å²) in [5.41, 5.74) is 0.952. The summed E-state index contributed by atoms with van der Waals surface area (Å²) in [6, 6.07) is 12.5. The van der Waals surface area contributed by atoms with Gasteiger partial charge in [-0.1, -0.05) is 0 Å². The van der Waals surface area contributed by atoms with Crippen LogP contribution in [0.2, 0.25) is 0 Å². The maximum Gasteiger partial charge on any atom is 0.325 e. The number of hydrogen-bond donors (Lipinski definition) is 2. The van der Waals surface area contributed by atoms with Crippen LogP contribution in [-0.4, -0.2) is 31.8 Å². The van der Waals surface area contributed by atoms with Crippen LogP contribution in [0, 0.1) is 11.3 Å². The highest BCUT2D eigenvalue weighted by molar-refractivity contribution is 6.01. The van der Waals surface area contributed by atoms with E-state index in [-0.39, 0.29) is 6.61 Å². The molecule has 1 aliphatic heterocycles. The minimum atomic E-state index is -0.685. The Hall–Kier alpha value is -3.73. The van der Waals surface area contributed by atoms with Gasteiger partial charge in [0.25, 0.3) is 5.91 Å². The maximum atomic E-state index is 11.9. The zero-order valence-corrected chi connectivity index (χ0v) is 13.7. The topological polar surface area (TPSA) is 110 Å². The quantitative estimate of drug-likeness (QED) is 0.871. The molecule has 0 atom stereocenters. The molecule has 2 N–H and O–H groups in total. The van der Waals surface area contributed by atoms with Gasteiger partial charge in [-0.05, 0) is 36.4 Å². The second-order valence-corrected chi connectivity index (χ2v) is 5.29. The lowest BCUT2D eigenvalue weighted by Crippen LogP contribution is -2.37. The van der Waals surface area contributed by atoms with E-state index in [9.17, 15) is 9.59 Å². The summed E-state index contributed by atoms with van der Waals surface area (Å²) >= 11 is 0. The molecule has 26 heavy (non-hydrogen) atoms. The lowest BCUT2D eigenvalue weighted by molar-refractivity contribution is -0.121. The van der Waals surface area contributed by atoms with Crippen molar-refractivity contribution in [2.24, 2.45) is 0 Å². The smallest absolute Gasteiger partial charge is 0.325 e. The summed E-state index contributed by atoms with van der Waals surface area (Å²) in [5.74, 6) is 0.953. The van der Waals surface area contributed by atoms with Gasteiger partial charge in [-0.2, -0.15) is 5.26 Å². The molecule has 3 amide bonds. The van der Waals surface area contributed by atoms with Crippen LogP contribution >= 0.6 is 0 Å². The van der Waals surface area contributed by atoms with Crippen LogP contribution in [0.25, 0.3) is 0 Å². The average Bonchev–Trinajstić information content (AvgIpc) is 2.66. The van der Waals surface area contributed by atoms with E-state index in [0.29, 0.717) is 41.7 Å². The van der Waals surface area contributed by atoms with Crippen molar-refractivity contribution in [3.05, 3.63) is 48.0 Å². The largest absolute Gasteiger partial charge is 0.486 e. The second kappa shape index (κ2) is 7.90. The van der Waals surface area contributed by atoms with Crippen molar-refractivity contribution < 1.29 is 23.8 Å². The molecule has 2 aromatic carbocycles. The standard InChI is InChI=1S/C18H15N3O5/c19-10-12-1-4-14(5-2-12)26-11-17(22)21-18(23)20-13-3-6-15-16(9-13)25-8-7-24-15/h1-6,9H,7-8,11H2,(H2,20,21,22,23). The van der Waals surface area contributed by atoms with Crippen LogP contribution in [-0.2, 0) is 4.79 Å². The van der Waals surface area contributed by atoms with Gasteiger partial charge in [0.15, 0.2) is 18.1 Å². The van der Waals surface area contributed by atoms with Crippen molar-refractivity contribution >= 4 is 17.6 Å². The van der Waals surface area contributed by atoms with E-state index in [2.05, 4.69) is 10.6 Å². The van der Waals surface area contributed by atoms with Crippen LogP contribution in [0.3, 0.4) is 0 Å². The van der Waals surface area contributed by atoms with Gasteiger partial charge in [-0.15, -0.1) is 0 Å². The number of ether oxygens (including phenoxy) is 3. The number of hydrogen-bond acceptors (Lipinski definition) is 6. The molecule has 0 fully saturated rings. The van der Waals surface area contributed by atoms with Crippen LogP contribution in [0.15, 0.2) is 42.5 Å². The van der Waals surface area contributed by atoms with Crippen molar-refractivity contribution in [2.75, 3.05) is 25.1 Å². The molecule has 132 valence electrons. The third kappa shape index (κ3) is 4.42. The summed E-state index contributed by atoms with van der Waals surface area (Å²) in [7, 11) is 0. The van der Waals surface area contributed by atoms with E-state index in [1.54, 1.807) is 42.5 Å². The van der Waals surface area contributed by atoms with Crippen molar-refractivity contribution in [2.45, 2.75) is 0 Å². The SMILES string of the molecule is N#Cc1ccc(OCC(=O)NC(=O)Nc2ccc3c(c2)OCCO3)cc1. The number of nitriles is 1. The summed E-state index contributed by atoms with van der Waals surface area (Å²) in [6.45, 7) is 0.586. The average molecular weight is 353 g/mol. The van der Waals surface area contributed by atoms with Gasteiger partial charge < -0.3 is 19.5 Å². The normalized spacial score (nSPS) is 11.8. The third-order valence-electron chi connectivity index (χ3n) is 3.41. The predicted molar refractivity (Wildman–Crippen MR) is 91.2 cm³/mol. The van der Waals surface area contributed by atoms with Crippen molar-refractivity contribution in [3.63, 3.8) is 0 Å². The van der Waals surface area contributed by atoms with E-state index in [0.717, 1.165) is 0 Å². The Morgan fingerprint density at radius 3 is 2.54 bits per heavy atom. The molecule has 1 heterocycles. The lowest BCUT2D eigenvalue weighted by Gasteiger charge is -2.19. The third-order valence-corrected chi connectivity index (χ3v) is 3.41. The molecule has 0 saturated heterocycles. The number of nitrogens with one attached hydrogen (secondary N) is 2. The van der Waals surface area contributed by atoms with E-state index in [1.807, 2.05) is 6.07 Å². The first-order valence-corrected chi connectivity index (χ1v) is 7.77. The fourth-order valence-corrected chi connectivity index (χ4v) is 2.22. The number of rotatable bonds is 4. The van der Waals surface area contributed by atoms with E-state index in [4.69, 9.17) is 19.5 Å². The second-order valence-electron chi connectivity index (χ2n) is 5.29. The summed E-state index contributed by atoms with van der Waals surface area (Å²) in [4.78, 5) is 23.7. The number of anilines is 1. The van der Waals surface area contributed by atoms with E-state index < -0.39 is 11.9 Å². The Bertz CT molecular complexity index is 858. The minimum absolute atomic E-state index is 0.333. The van der Waals surface area contributed by atoms with E-state index >= 15 is 0 Å². The number of fused-ring (bicyclic) bond motifs is 1. The molecule has 3 rings (SSSR count). The molecule has 0 saturated carbocycles. The van der Waals surface area contributed by atoms with Gasteiger partial charge in [0.1, 0.15) is 19.0 Å². The van der Waals surface area contributed by atoms with Crippen molar-refractivity contribution in [1.29, 1.82) is 5.26 Å². The Morgan fingerprint density at radius 2 is 1.81 bits per heavy atom. The molecule has 0 spiro atoms. The number of benzene rings is 2. The van der Waals surface area contributed by atoms with Gasteiger partial charge in [0, 0.05) is 11.8 Å². The number of carbonyl (C=O) groups excluding carboxylic acids is 2. The monoisotopic (exact) mass is 353 g/mol. The van der Waals surface area contributed by atoms with Crippen LogP contribution in [0.5, 0.6) is 17.2 Å². The Balaban J connectivity index is 1.48. The van der Waals surface area contributed by atoms with E-state index in [1.165, 1.54) is 0 Å².